The van der Waals surface area contributed by atoms with Gasteiger partial charge in [0.1, 0.15) is 5.25 Å². The van der Waals surface area contributed by atoms with Crippen LogP contribution in [0.3, 0.4) is 0 Å². The van der Waals surface area contributed by atoms with Gasteiger partial charge in [-0.3, -0.25) is 4.79 Å². The molecule has 0 aromatic rings. The van der Waals surface area contributed by atoms with E-state index >= 15 is 0 Å². The van der Waals surface area contributed by atoms with Gasteiger partial charge in [-0.2, -0.15) is 0 Å². The summed E-state index contributed by atoms with van der Waals surface area (Å²) in [7, 11) is 0. The van der Waals surface area contributed by atoms with Gasteiger partial charge in [-0.05, 0) is 39.0 Å². The first-order valence-electron chi connectivity index (χ1n) is 4.82. The van der Waals surface area contributed by atoms with Crippen LogP contribution in [0.25, 0.3) is 0 Å². The Morgan fingerprint density at radius 1 is 1.53 bits per heavy atom. The van der Waals surface area contributed by atoms with Crippen LogP contribution in [-0.2, 0) is 14.3 Å². The summed E-state index contributed by atoms with van der Waals surface area (Å²) in [5.74, 6) is -0.282. The number of hydrogen-bond acceptors (Lipinski definition) is 6. The van der Waals surface area contributed by atoms with Gasteiger partial charge in [0.2, 0.25) is 4.38 Å². The Balaban J connectivity index is 3.73. The van der Waals surface area contributed by atoms with Gasteiger partial charge in [0.25, 0.3) is 0 Å². The van der Waals surface area contributed by atoms with Crippen LogP contribution in [0.1, 0.15) is 20.3 Å². The summed E-state index contributed by atoms with van der Waals surface area (Å²) >= 11 is 6.09. The molecule has 0 aliphatic carbocycles. The fourth-order valence-electron chi connectivity index (χ4n) is 0.718. The Morgan fingerprint density at radius 3 is 2.73 bits per heavy atom. The Morgan fingerprint density at radius 2 is 2.20 bits per heavy atom. The molecule has 4 nitrogen and oxygen atoms in total. The van der Waals surface area contributed by atoms with Crippen molar-refractivity contribution in [2.75, 3.05) is 19.8 Å². The lowest BCUT2D eigenvalue weighted by molar-refractivity contribution is -0.142. The zero-order chi connectivity index (χ0) is 11.7. The number of carbonyl (C=O) groups is 1. The predicted molar refractivity (Wildman–Crippen MR) is 65.9 cm³/mol. The predicted octanol–water partition coefficient (Wildman–Crippen LogP) is 1.32. The fourth-order valence-corrected chi connectivity index (χ4v) is 1.91. The maximum Gasteiger partial charge on any atom is 0.319 e. The third-order valence-corrected chi connectivity index (χ3v) is 2.72. The van der Waals surface area contributed by atoms with E-state index < -0.39 is 0 Å². The van der Waals surface area contributed by atoms with E-state index in [2.05, 4.69) is 0 Å². The average Bonchev–Trinajstić information content (AvgIpc) is 2.18. The van der Waals surface area contributed by atoms with Crippen molar-refractivity contribution in [3.05, 3.63) is 0 Å². The minimum Gasteiger partial charge on any atom is -0.479 e. The Bertz CT molecular complexity index is 212. The number of thiocarbonyl (C=S) groups is 1. The number of thioether (sulfide) groups is 1. The molecule has 0 aliphatic heterocycles. The molecule has 0 aromatic heterocycles. The molecule has 0 radical (unpaired) electrons. The van der Waals surface area contributed by atoms with Crippen molar-refractivity contribution in [3.63, 3.8) is 0 Å². The van der Waals surface area contributed by atoms with Crippen LogP contribution >= 0.6 is 24.0 Å². The fraction of sp³-hybridized carbons (Fsp3) is 0.778. The highest BCUT2D eigenvalue weighted by Gasteiger charge is 2.17. The largest absolute Gasteiger partial charge is 0.479 e. The number of nitrogens with two attached hydrogens (primary N) is 1. The molecule has 0 aromatic carbocycles. The highest BCUT2D eigenvalue weighted by atomic mass is 32.2. The highest BCUT2D eigenvalue weighted by Crippen LogP contribution is 2.15. The molecule has 0 heterocycles. The second-order valence-corrected chi connectivity index (χ2v) is 4.70. The monoisotopic (exact) mass is 251 g/mol. The van der Waals surface area contributed by atoms with Crippen LogP contribution in [0.2, 0.25) is 0 Å². The molecule has 0 saturated carbocycles. The van der Waals surface area contributed by atoms with E-state index in [0.717, 1.165) is 0 Å². The van der Waals surface area contributed by atoms with E-state index in [1.807, 2.05) is 6.92 Å². The van der Waals surface area contributed by atoms with E-state index in [4.69, 9.17) is 27.4 Å². The summed E-state index contributed by atoms with van der Waals surface area (Å²) in [4.78, 5) is 11.4. The molecule has 0 spiro atoms. The zero-order valence-electron chi connectivity index (χ0n) is 9.02. The van der Waals surface area contributed by atoms with Crippen molar-refractivity contribution >= 4 is 34.3 Å². The van der Waals surface area contributed by atoms with Crippen LogP contribution < -0.4 is 5.73 Å². The SMILES string of the molecule is CCOC(=S)SC(C)C(=O)OCCCN. The lowest BCUT2D eigenvalue weighted by Gasteiger charge is -2.11. The smallest absolute Gasteiger partial charge is 0.319 e. The van der Waals surface area contributed by atoms with Gasteiger partial charge in [0.05, 0.1) is 13.2 Å². The number of hydrogen-bond donors (Lipinski definition) is 1. The number of esters is 1. The molecule has 0 aliphatic rings. The normalized spacial score (nSPS) is 11.9. The first kappa shape index (κ1) is 14.7. The summed E-state index contributed by atoms with van der Waals surface area (Å²) in [6.07, 6.45) is 0.680. The Labute approximate surface area is 99.9 Å². The number of carbonyl (C=O) groups excluding carboxylic acids is 1. The molecule has 6 heteroatoms. The van der Waals surface area contributed by atoms with Crippen LogP contribution in [0.15, 0.2) is 0 Å². The van der Waals surface area contributed by atoms with Gasteiger partial charge in [-0.25, -0.2) is 0 Å². The highest BCUT2D eigenvalue weighted by molar-refractivity contribution is 8.23. The Kier molecular flexibility index (Phi) is 8.74. The molecule has 15 heavy (non-hydrogen) atoms. The number of rotatable bonds is 6. The Hall–Kier alpha value is -0.330. The van der Waals surface area contributed by atoms with E-state index in [9.17, 15) is 4.79 Å². The van der Waals surface area contributed by atoms with Gasteiger partial charge >= 0.3 is 5.97 Å². The molecule has 0 amide bonds. The molecule has 1 unspecified atom stereocenters. The van der Waals surface area contributed by atoms with E-state index in [1.54, 1.807) is 6.92 Å². The lowest BCUT2D eigenvalue weighted by Crippen LogP contribution is -2.20. The summed E-state index contributed by atoms with van der Waals surface area (Å²) in [5.41, 5.74) is 5.27. The third-order valence-electron chi connectivity index (χ3n) is 1.46. The second kappa shape index (κ2) is 8.94. The summed E-state index contributed by atoms with van der Waals surface area (Å²) in [5, 5.41) is -0.332. The van der Waals surface area contributed by atoms with Gasteiger partial charge in [-0.1, -0.05) is 11.8 Å². The topological polar surface area (TPSA) is 61.5 Å². The first-order chi connectivity index (χ1) is 7.11. The molecule has 0 saturated heterocycles. The van der Waals surface area contributed by atoms with E-state index in [0.29, 0.717) is 30.6 Å². The van der Waals surface area contributed by atoms with Crippen molar-refractivity contribution in [2.24, 2.45) is 5.73 Å². The van der Waals surface area contributed by atoms with Crippen molar-refractivity contribution < 1.29 is 14.3 Å². The van der Waals surface area contributed by atoms with Crippen molar-refractivity contribution in [3.8, 4) is 0 Å². The molecule has 0 bridgehead atoms. The molecule has 0 fully saturated rings. The van der Waals surface area contributed by atoms with E-state index in [-0.39, 0.29) is 11.2 Å². The molecular formula is C9H17NO3S2. The van der Waals surface area contributed by atoms with Gasteiger partial charge in [0, 0.05) is 0 Å². The van der Waals surface area contributed by atoms with Crippen molar-refractivity contribution in [1.29, 1.82) is 0 Å². The van der Waals surface area contributed by atoms with Crippen molar-refractivity contribution in [2.45, 2.75) is 25.5 Å². The van der Waals surface area contributed by atoms with Gasteiger partial charge in [0.15, 0.2) is 0 Å². The quantitative estimate of drug-likeness (QED) is 0.436. The maximum absolute atomic E-state index is 11.4. The molecule has 88 valence electrons. The minimum absolute atomic E-state index is 0.282. The molecule has 1 atom stereocenters. The summed E-state index contributed by atoms with van der Waals surface area (Å²) in [6.45, 7) is 4.98. The van der Waals surface area contributed by atoms with Gasteiger partial charge < -0.3 is 15.2 Å². The van der Waals surface area contributed by atoms with Crippen LogP contribution in [0.5, 0.6) is 0 Å². The second-order valence-electron chi connectivity index (χ2n) is 2.75. The summed E-state index contributed by atoms with van der Waals surface area (Å²) in [6, 6.07) is 0. The lowest BCUT2D eigenvalue weighted by atomic mass is 10.4. The molecular weight excluding hydrogens is 234 g/mol. The van der Waals surface area contributed by atoms with E-state index in [1.165, 1.54) is 11.8 Å². The average molecular weight is 251 g/mol. The standard InChI is InChI=1S/C9H17NO3S2/c1-3-12-9(14)15-7(2)8(11)13-6-4-5-10/h7H,3-6,10H2,1-2H3. The zero-order valence-corrected chi connectivity index (χ0v) is 10.7. The van der Waals surface area contributed by atoms with Crippen LogP contribution in [0.4, 0.5) is 0 Å². The minimum atomic E-state index is -0.332. The van der Waals surface area contributed by atoms with Crippen LogP contribution in [-0.4, -0.2) is 35.4 Å². The third kappa shape index (κ3) is 7.58. The van der Waals surface area contributed by atoms with Gasteiger partial charge in [-0.15, -0.1) is 0 Å². The molecule has 0 rings (SSSR count). The number of ether oxygens (including phenoxy) is 2. The summed E-state index contributed by atoms with van der Waals surface area (Å²) < 4.78 is 10.4. The van der Waals surface area contributed by atoms with Crippen molar-refractivity contribution in [1.82, 2.24) is 0 Å². The molecule has 2 N–H and O–H groups in total. The van der Waals surface area contributed by atoms with Crippen LogP contribution in [0, 0.1) is 0 Å². The first-order valence-corrected chi connectivity index (χ1v) is 6.10. The maximum atomic E-state index is 11.4.